The third-order valence-corrected chi connectivity index (χ3v) is 1.64. The summed E-state index contributed by atoms with van der Waals surface area (Å²) in [4.78, 5) is 10.8. The Morgan fingerprint density at radius 2 is 2.08 bits per heavy atom. The van der Waals surface area contributed by atoms with Crippen LogP contribution in [0, 0.1) is 0 Å². The van der Waals surface area contributed by atoms with E-state index >= 15 is 0 Å². The first kappa shape index (κ1) is 9.52. The smallest absolute Gasteiger partial charge is 0.223 e. The van der Waals surface area contributed by atoms with Crippen molar-refractivity contribution in [1.29, 1.82) is 0 Å². The van der Waals surface area contributed by atoms with Gasteiger partial charge in [0.1, 0.15) is 0 Å². The van der Waals surface area contributed by atoms with E-state index in [1.54, 1.807) is 6.20 Å². The molecule has 0 aromatic heterocycles. The molecule has 0 radical (unpaired) electrons. The van der Waals surface area contributed by atoms with Gasteiger partial charge < -0.3 is 5.32 Å². The van der Waals surface area contributed by atoms with Crippen molar-refractivity contribution in [3.63, 3.8) is 0 Å². The van der Waals surface area contributed by atoms with Crippen LogP contribution in [-0.2, 0) is 4.79 Å². The number of carbonyl (C=O) groups excluding carboxylic acids is 1. The van der Waals surface area contributed by atoms with Gasteiger partial charge in [-0.1, -0.05) is 37.3 Å². The van der Waals surface area contributed by atoms with Gasteiger partial charge in [-0.25, -0.2) is 0 Å². The second-order valence-corrected chi connectivity index (χ2v) is 2.67. The second-order valence-electron chi connectivity index (χ2n) is 2.67. The lowest BCUT2D eigenvalue weighted by molar-refractivity contribution is -0.119. The van der Waals surface area contributed by atoms with Crippen LogP contribution in [-0.4, -0.2) is 5.91 Å². The number of carbonyl (C=O) groups is 1. The number of hydrogen-bond donors (Lipinski definition) is 1. The molecule has 0 aliphatic heterocycles. The van der Waals surface area contributed by atoms with E-state index in [1.165, 1.54) is 0 Å². The highest BCUT2D eigenvalue weighted by Gasteiger charge is 1.89. The molecule has 0 spiro atoms. The van der Waals surface area contributed by atoms with E-state index in [-0.39, 0.29) is 5.91 Å². The van der Waals surface area contributed by atoms with Crippen LogP contribution in [0.15, 0.2) is 36.5 Å². The van der Waals surface area contributed by atoms with Gasteiger partial charge in [0.25, 0.3) is 0 Å². The molecule has 0 fully saturated rings. The van der Waals surface area contributed by atoms with Gasteiger partial charge in [0.15, 0.2) is 0 Å². The lowest BCUT2D eigenvalue weighted by atomic mass is 10.2. The van der Waals surface area contributed by atoms with Gasteiger partial charge in [0, 0.05) is 12.6 Å². The first-order chi connectivity index (χ1) is 6.33. The summed E-state index contributed by atoms with van der Waals surface area (Å²) in [6, 6.07) is 9.84. The van der Waals surface area contributed by atoms with E-state index in [0.29, 0.717) is 6.42 Å². The SMILES string of the molecule is CCC(=O)N/C=C/c1ccccc1. The Morgan fingerprint density at radius 1 is 1.38 bits per heavy atom. The number of benzene rings is 1. The maximum absolute atomic E-state index is 10.8. The standard InChI is InChI=1S/C11H13NO/c1-2-11(13)12-9-8-10-6-4-3-5-7-10/h3-9H,2H2,1H3,(H,12,13)/b9-8+. The zero-order valence-corrected chi connectivity index (χ0v) is 7.66. The van der Waals surface area contributed by atoms with Gasteiger partial charge in [0.2, 0.25) is 5.91 Å². The van der Waals surface area contributed by atoms with Gasteiger partial charge in [-0.3, -0.25) is 4.79 Å². The van der Waals surface area contributed by atoms with Crippen molar-refractivity contribution in [3.8, 4) is 0 Å². The van der Waals surface area contributed by atoms with E-state index in [9.17, 15) is 4.79 Å². The molecule has 0 heterocycles. The Kier molecular flexibility index (Phi) is 3.76. The topological polar surface area (TPSA) is 29.1 Å². The van der Waals surface area contributed by atoms with E-state index in [0.717, 1.165) is 5.56 Å². The molecule has 0 atom stereocenters. The highest BCUT2D eigenvalue weighted by atomic mass is 16.1. The maximum Gasteiger partial charge on any atom is 0.223 e. The third-order valence-electron chi connectivity index (χ3n) is 1.64. The Labute approximate surface area is 78.3 Å². The van der Waals surface area contributed by atoms with Gasteiger partial charge in [-0.15, -0.1) is 0 Å². The Hall–Kier alpha value is -1.57. The van der Waals surface area contributed by atoms with Crippen LogP contribution in [0.1, 0.15) is 18.9 Å². The van der Waals surface area contributed by atoms with Crippen LogP contribution in [0.25, 0.3) is 6.08 Å². The fourth-order valence-electron chi connectivity index (χ4n) is 0.897. The molecule has 0 aliphatic rings. The van der Waals surface area contributed by atoms with Crippen LogP contribution in [0.4, 0.5) is 0 Å². The Balaban J connectivity index is 2.45. The molecule has 0 saturated heterocycles. The molecular formula is C11H13NO. The van der Waals surface area contributed by atoms with Gasteiger partial charge >= 0.3 is 0 Å². The minimum Gasteiger partial charge on any atom is -0.333 e. The van der Waals surface area contributed by atoms with E-state index in [1.807, 2.05) is 43.3 Å². The van der Waals surface area contributed by atoms with Crippen LogP contribution >= 0.6 is 0 Å². The molecule has 0 saturated carbocycles. The lowest BCUT2D eigenvalue weighted by Gasteiger charge is -1.94. The molecular weight excluding hydrogens is 162 g/mol. The van der Waals surface area contributed by atoms with Gasteiger partial charge in [-0.2, -0.15) is 0 Å². The largest absolute Gasteiger partial charge is 0.333 e. The van der Waals surface area contributed by atoms with Gasteiger partial charge in [-0.05, 0) is 11.6 Å². The molecule has 1 amide bonds. The van der Waals surface area contributed by atoms with Crippen LogP contribution in [0.2, 0.25) is 0 Å². The fraction of sp³-hybridized carbons (Fsp3) is 0.182. The molecule has 1 aromatic carbocycles. The summed E-state index contributed by atoms with van der Waals surface area (Å²) in [6.07, 6.45) is 4.05. The third kappa shape index (κ3) is 3.56. The second kappa shape index (κ2) is 5.14. The van der Waals surface area contributed by atoms with E-state index in [4.69, 9.17) is 0 Å². The number of rotatable bonds is 3. The zero-order chi connectivity index (χ0) is 9.52. The summed E-state index contributed by atoms with van der Waals surface area (Å²) in [5.74, 6) is 0.0344. The molecule has 2 heteroatoms. The van der Waals surface area contributed by atoms with Gasteiger partial charge in [0.05, 0.1) is 0 Å². The van der Waals surface area contributed by atoms with Crippen molar-refractivity contribution in [2.45, 2.75) is 13.3 Å². The lowest BCUT2D eigenvalue weighted by Crippen LogP contribution is -2.14. The quantitative estimate of drug-likeness (QED) is 0.749. The molecule has 1 N–H and O–H groups in total. The molecule has 68 valence electrons. The number of hydrogen-bond acceptors (Lipinski definition) is 1. The van der Waals surface area contributed by atoms with Crippen LogP contribution in [0.5, 0.6) is 0 Å². The molecule has 1 rings (SSSR count). The fourth-order valence-corrected chi connectivity index (χ4v) is 0.897. The van der Waals surface area contributed by atoms with E-state index in [2.05, 4.69) is 5.32 Å². The summed E-state index contributed by atoms with van der Waals surface area (Å²) in [6.45, 7) is 1.83. The number of nitrogens with one attached hydrogen (secondary N) is 1. The average molecular weight is 175 g/mol. The summed E-state index contributed by atoms with van der Waals surface area (Å²) < 4.78 is 0. The first-order valence-electron chi connectivity index (χ1n) is 4.34. The molecule has 0 aliphatic carbocycles. The van der Waals surface area contributed by atoms with Crippen LogP contribution in [0.3, 0.4) is 0 Å². The minimum absolute atomic E-state index is 0.0344. The number of amides is 1. The highest BCUT2D eigenvalue weighted by Crippen LogP contribution is 1.99. The Bertz CT molecular complexity index is 290. The summed E-state index contributed by atoms with van der Waals surface area (Å²) >= 11 is 0. The van der Waals surface area contributed by atoms with Crippen molar-refractivity contribution in [2.75, 3.05) is 0 Å². The molecule has 0 bridgehead atoms. The first-order valence-corrected chi connectivity index (χ1v) is 4.34. The summed E-state index contributed by atoms with van der Waals surface area (Å²) in [5.41, 5.74) is 1.08. The average Bonchev–Trinajstić information content (AvgIpc) is 2.19. The zero-order valence-electron chi connectivity index (χ0n) is 7.66. The van der Waals surface area contributed by atoms with Crippen LogP contribution < -0.4 is 5.32 Å². The van der Waals surface area contributed by atoms with Crippen molar-refractivity contribution in [2.24, 2.45) is 0 Å². The predicted molar refractivity (Wildman–Crippen MR) is 53.9 cm³/mol. The predicted octanol–water partition coefficient (Wildman–Crippen LogP) is 2.18. The highest BCUT2D eigenvalue weighted by molar-refractivity contribution is 5.77. The molecule has 2 nitrogen and oxygen atoms in total. The van der Waals surface area contributed by atoms with Crippen molar-refractivity contribution >= 4 is 12.0 Å². The molecule has 13 heavy (non-hydrogen) atoms. The maximum atomic E-state index is 10.8. The van der Waals surface area contributed by atoms with E-state index < -0.39 is 0 Å². The molecule has 0 unspecified atom stereocenters. The summed E-state index contributed by atoms with van der Waals surface area (Å²) in [5, 5.41) is 2.66. The van der Waals surface area contributed by atoms with Crippen molar-refractivity contribution < 1.29 is 4.79 Å². The van der Waals surface area contributed by atoms with Crippen molar-refractivity contribution in [3.05, 3.63) is 42.1 Å². The normalized spacial score (nSPS) is 10.2. The monoisotopic (exact) mass is 175 g/mol. The minimum atomic E-state index is 0.0344. The molecule has 1 aromatic rings. The van der Waals surface area contributed by atoms with Crippen molar-refractivity contribution in [1.82, 2.24) is 5.32 Å². The summed E-state index contributed by atoms with van der Waals surface area (Å²) in [7, 11) is 0. The Morgan fingerprint density at radius 3 is 2.69 bits per heavy atom.